The second-order valence-corrected chi connectivity index (χ2v) is 10.2. The van der Waals surface area contributed by atoms with Crippen LogP contribution in [0.15, 0.2) is 46.7 Å². The van der Waals surface area contributed by atoms with Crippen molar-refractivity contribution in [3.8, 4) is 0 Å². The minimum absolute atomic E-state index is 0.0476. The van der Waals surface area contributed by atoms with Crippen LogP contribution in [0.1, 0.15) is 54.9 Å². The Hall–Kier alpha value is -1.70. The van der Waals surface area contributed by atoms with Crippen LogP contribution in [-0.2, 0) is 10.0 Å². The molecule has 1 aliphatic heterocycles. The van der Waals surface area contributed by atoms with Crippen molar-refractivity contribution < 1.29 is 13.2 Å². The number of nitrogens with one attached hydrogen (secondary N) is 1. The maximum absolute atomic E-state index is 12.9. The van der Waals surface area contributed by atoms with Crippen molar-refractivity contribution >= 4 is 27.3 Å². The molecule has 1 aromatic carbocycles. The summed E-state index contributed by atoms with van der Waals surface area (Å²) in [6.07, 6.45) is 1.95. The van der Waals surface area contributed by atoms with E-state index in [1.54, 1.807) is 44.2 Å². The molecule has 26 heavy (non-hydrogen) atoms. The van der Waals surface area contributed by atoms with E-state index >= 15 is 0 Å². The summed E-state index contributed by atoms with van der Waals surface area (Å²) in [5.41, 5.74) is -0.0419. The summed E-state index contributed by atoms with van der Waals surface area (Å²) in [5.74, 6) is -0.0476. The van der Waals surface area contributed by atoms with Crippen molar-refractivity contribution in [3.05, 3.63) is 52.2 Å². The number of carbonyl (C=O) groups excluding carboxylic acids is 1. The van der Waals surface area contributed by atoms with Crippen LogP contribution in [0.5, 0.6) is 0 Å². The zero-order valence-corrected chi connectivity index (χ0v) is 16.9. The average molecular weight is 393 g/mol. The first-order chi connectivity index (χ1) is 12.2. The van der Waals surface area contributed by atoms with Crippen molar-refractivity contribution in [1.82, 2.24) is 9.62 Å². The van der Waals surface area contributed by atoms with Gasteiger partial charge in [0.15, 0.2) is 0 Å². The van der Waals surface area contributed by atoms with Crippen molar-refractivity contribution in [1.29, 1.82) is 0 Å². The smallest absolute Gasteiger partial charge is 0.254 e. The number of hydrogen-bond acceptors (Lipinski definition) is 4. The molecule has 1 saturated heterocycles. The predicted octanol–water partition coefficient (Wildman–Crippen LogP) is 3.80. The number of carbonyl (C=O) groups is 1. The molecule has 140 valence electrons. The SMILES string of the molecule is CC(C)(C)NS(=O)(=O)c1ccc(C(=O)N2CCCC2c2cccs2)cc1. The van der Waals surface area contributed by atoms with Gasteiger partial charge < -0.3 is 4.90 Å². The van der Waals surface area contributed by atoms with Crippen LogP contribution in [0.25, 0.3) is 0 Å². The molecule has 0 bridgehead atoms. The lowest BCUT2D eigenvalue weighted by atomic mass is 10.1. The zero-order valence-electron chi connectivity index (χ0n) is 15.2. The fourth-order valence-corrected chi connectivity index (χ4v) is 5.48. The van der Waals surface area contributed by atoms with Gasteiger partial charge in [-0.25, -0.2) is 13.1 Å². The van der Waals surface area contributed by atoms with Crippen LogP contribution in [0.2, 0.25) is 0 Å². The maximum atomic E-state index is 12.9. The Kier molecular flexibility index (Phi) is 5.23. The summed E-state index contributed by atoms with van der Waals surface area (Å²) in [6.45, 7) is 6.11. The van der Waals surface area contributed by atoms with E-state index in [0.29, 0.717) is 5.56 Å². The van der Waals surface area contributed by atoms with E-state index < -0.39 is 15.6 Å². The number of nitrogens with zero attached hydrogens (tertiary/aromatic N) is 1. The van der Waals surface area contributed by atoms with Crippen LogP contribution >= 0.6 is 11.3 Å². The quantitative estimate of drug-likeness (QED) is 0.861. The number of benzene rings is 1. The van der Waals surface area contributed by atoms with Gasteiger partial charge in [0.2, 0.25) is 10.0 Å². The number of rotatable bonds is 4. The number of sulfonamides is 1. The average Bonchev–Trinajstić information content (AvgIpc) is 3.23. The van der Waals surface area contributed by atoms with Gasteiger partial charge in [-0.2, -0.15) is 0 Å². The lowest BCUT2D eigenvalue weighted by molar-refractivity contribution is 0.0737. The monoisotopic (exact) mass is 392 g/mol. The van der Waals surface area contributed by atoms with Gasteiger partial charge in [-0.1, -0.05) is 6.07 Å². The van der Waals surface area contributed by atoms with E-state index in [2.05, 4.69) is 10.8 Å². The second-order valence-electron chi connectivity index (χ2n) is 7.55. The third-order valence-corrected chi connectivity index (χ3v) is 6.98. The van der Waals surface area contributed by atoms with Gasteiger partial charge in [-0.15, -0.1) is 11.3 Å². The van der Waals surface area contributed by atoms with Crippen LogP contribution < -0.4 is 4.72 Å². The first-order valence-electron chi connectivity index (χ1n) is 8.66. The molecule has 0 saturated carbocycles. The first-order valence-corrected chi connectivity index (χ1v) is 11.0. The number of hydrogen-bond donors (Lipinski definition) is 1. The molecular formula is C19H24N2O3S2. The molecule has 1 fully saturated rings. The summed E-state index contributed by atoms with van der Waals surface area (Å²) in [5, 5.41) is 2.03. The van der Waals surface area contributed by atoms with Crippen LogP contribution in [-0.4, -0.2) is 31.3 Å². The summed E-state index contributed by atoms with van der Waals surface area (Å²) in [6, 6.07) is 10.4. The zero-order chi connectivity index (χ0) is 18.9. The fraction of sp³-hybridized carbons (Fsp3) is 0.421. The van der Waals surface area contributed by atoms with Gasteiger partial charge in [-0.05, 0) is 69.3 Å². The highest BCUT2D eigenvalue weighted by molar-refractivity contribution is 7.89. The van der Waals surface area contributed by atoms with Gasteiger partial charge in [0.25, 0.3) is 5.91 Å². The van der Waals surface area contributed by atoms with Crippen molar-refractivity contribution in [2.24, 2.45) is 0 Å². The van der Waals surface area contributed by atoms with E-state index in [4.69, 9.17) is 0 Å². The Morgan fingerprint density at radius 2 is 1.88 bits per heavy atom. The highest BCUT2D eigenvalue weighted by atomic mass is 32.2. The van der Waals surface area contributed by atoms with Gasteiger partial charge in [0.1, 0.15) is 0 Å². The Morgan fingerprint density at radius 1 is 1.19 bits per heavy atom. The molecule has 0 radical (unpaired) electrons. The maximum Gasteiger partial charge on any atom is 0.254 e. The Bertz CT molecular complexity index is 867. The molecule has 0 spiro atoms. The predicted molar refractivity (Wildman–Crippen MR) is 104 cm³/mol. The summed E-state index contributed by atoms with van der Waals surface area (Å²) in [7, 11) is -3.60. The van der Waals surface area contributed by atoms with Crippen molar-refractivity contribution in [2.75, 3.05) is 6.54 Å². The molecule has 3 rings (SSSR count). The summed E-state index contributed by atoms with van der Waals surface area (Å²) < 4.78 is 27.4. The van der Waals surface area contributed by atoms with Crippen molar-refractivity contribution in [2.45, 2.75) is 50.1 Å². The number of likely N-dealkylation sites (tertiary alicyclic amines) is 1. The normalized spacial score (nSPS) is 18.3. The minimum Gasteiger partial charge on any atom is -0.331 e. The molecule has 1 aliphatic rings. The standard InChI is InChI=1S/C19H24N2O3S2/c1-19(2,3)20-26(23,24)15-10-8-14(9-11-15)18(22)21-12-4-6-16(21)17-7-5-13-25-17/h5,7-11,13,16,20H,4,6,12H2,1-3H3. The fourth-order valence-electron chi connectivity index (χ4n) is 3.19. The van der Waals surface area contributed by atoms with Crippen LogP contribution in [0.3, 0.4) is 0 Å². The third kappa shape index (κ3) is 4.16. The molecule has 1 N–H and O–H groups in total. The Morgan fingerprint density at radius 3 is 2.46 bits per heavy atom. The molecule has 1 atom stereocenters. The third-order valence-electron chi connectivity index (χ3n) is 4.24. The van der Waals surface area contributed by atoms with E-state index in [9.17, 15) is 13.2 Å². The summed E-state index contributed by atoms with van der Waals surface area (Å²) in [4.78, 5) is 16.2. The highest BCUT2D eigenvalue weighted by Crippen LogP contribution is 2.35. The lowest BCUT2D eigenvalue weighted by Crippen LogP contribution is -2.40. The van der Waals surface area contributed by atoms with Crippen LogP contribution in [0, 0.1) is 0 Å². The lowest BCUT2D eigenvalue weighted by Gasteiger charge is -2.24. The molecule has 2 heterocycles. The molecule has 1 amide bonds. The largest absolute Gasteiger partial charge is 0.331 e. The van der Waals surface area contributed by atoms with E-state index in [-0.39, 0.29) is 16.8 Å². The Labute approximate surface area is 159 Å². The topological polar surface area (TPSA) is 66.5 Å². The van der Waals surface area contributed by atoms with Gasteiger partial charge in [0.05, 0.1) is 10.9 Å². The molecule has 5 nitrogen and oxygen atoms in total. The van der Waals surface area contributed by atoms with E-state index in [1.807, 2.05) is 16.3 Å². The first kappa shape index (κ1) is 19.1. The van der Waals surface area contributed by atoms with Gasteiger partial charge in [0, 0.05) is 22.5 Å². The molecule has 7 heteroatoms. The molecule has 0 aliphatic carbocycles. The molecule has 1 unspecified atom stereocenters. The van der Waals surface area contributed by atoms with Crippen LogP contribution in [0.4, 0.5) is 0 Å². The molecule has 1 aromatic heterocycles. The van der Waals surface area contributed by atoms with E-state index in [0.717, 1.165) is 19.4 Å². The van der Waals surface area contributed by atoms with Crippen molar-refractivity contribution in [3.63, 3.8) is 0 Å². The Balaban J connectivity index is 1.79. The van der Waals surface area contributed by atoms with Gasteiger partial charge in [-0.3, -0.25) is 4.79 Å². The highest BCUT2D eigenvalue weighted by Gasteiger charge is 2.31. The number of amides is 1. The number of thiophene rings is 1. The van der Waals surface area contributed by atoms with Gasteiger partial charge >= 0.3 is 0 Å². The minimum atomic E-state index is -3.60. The summed E-state index contributed by atoms with van der Waals surface area (Å²) >= 11 is 1.67. The molecule has 2 aromatic rings. The second kappa shape index (κ2) is 7.13. The molecular weight excluding hydrogens is 368 g/mol. The van der Waals surface area contributed by atoms with E-state index in [1.165, 1.54) is 17.0 Å².